The van der Waals surface area contributed by atoms with Crippen LogP contribution < -0.4 is 5.73 Å². The fraction of sp³-hybridized carbons (Fsp3) is 0.900. The normalized spacial score (nSPS) is 16.0. The zero-order chi connectivity index (χ0) is 12.1. The molecule has 0 aliphatic rings. The predicted octanol–water partition coefficient (Wildman–Crippen LogP) is 0.345. The van der Waals surface area contributed by atoms with Gasteiger partial charge >= 0.3 is 5.97 Å². The van der Waals surface area contributed by atoms with Crippen LogP contribution in [0.15, 0.2) is 0 Å². The minimum Gasteiger partial charge on any atom is -0.481 e. The molecule has 0 amide bonds. The fourth-order valence-corrected chi connectivity index (χ4v) is 1.07. The molecule has 0 aliphatic heterocycles. The van der Waals surface area contributed by atoms with Crippen molar-refractivity contribution in [1.82, 2.24) is 0 Å². The number of carboxylic acids is 1. The molecule has 0 saturated heterocycles. The second-order valence-electron chi connectivity index (χ2n) is 5.24. The predicted molar refractivity (Wildman–Crippen MR) is 62.7 cm³/mol. The molecule has 0 aliphatic carbocycles. The van der Waals surface area contributed by atoms with E-state index < -0.39 is 5.97 Å². The van der Waals surface area contributed by atoms with Gasteiger partial charge in [-0.3, -0.25) is 4.79 Å². The monoisotopic (exact) mass is 215 g/mol. The van der Waals surface area contributed by atoms with Crippen molar-refractivity contribution in [3.63, 3.8) is 0 Å². The summed E-state index contributed by atoms with van der Waals surface area (Å²) in [4.78, 5) is 10.4. The molecule has 15 heavy (non-hydrogen) atoms. The molecule has 0 heterocycles. The number of ether oxygens (including phenoxy) is 1. The standard InChI is InChI=1S/C10H22BNO3/c1-9(2,12)6-7-15-10(3,11)5-4-8(13)14/h4-7,11-12H2,1-3H3,(H,13,14). The van der Waals surface area contributed by atoms with Crippen LogP contribution in [0.25, 0.3) is 0 Å². The molecule has 3 N–H and O–H groups in total. The fourth-order valence-electron chi connectivity index (χ4n) is 1.07. The highest BCUT2D eigenvalue weighted by Crippen LogP contribution is 2.15. The van der Waals surface area contributed by atoms with Gasteiger partial charge in [0.25, 0.3) is 0 Å². The Labute approximate surface area is 92.6 Å². The minimum absolute atomic E-state index is 0.138. The Morgan fingerprint density at radius 2 is 1.93 bits per heavy atom. The Morgan fingerprint density at radius 3 is 2.33 bits per heavy atom. The van der Waals surface area contributed by atoms with Crippen LogP contribution in [0.3, 0.4) is 0 Å². The summed E-state index contributed by atoms with van der Waals surface area (Å²) in [5.41, 5.74) is 5.19. The van der Waals surface area contributed by atoms with Crippen LogP contribution >= 0.6 is 0 Å². The first-order chi connectivity index (χ1) is 6.62. The number of hydrogen-bond acceptors (Lipinski definition) is 3. The third-order valence-electron chi connectivity index (χ3n) is 2.18. The van der Waals surface area contributed by atoms with E-state index in [1.807, 2.05) is 28.6 Å². The minimum atomic E-state index is -0.786. The van der Waals surface area contributed by atoms with E-state index in [2.05, 4.69) is 0 Å². The molecule has 0 fully saturated rings. The van der Waals surface area contributed by atoms with Crippen LogP contribution in [0.5, 0.6) is 0 Å². The van der Waals surface area contributed by atoms with E-state index >= 15 is 0 Å². The lowest BCUT2D eigenvalue weighted by Crippen LogP contribution is -2.36. The van der Waals surface area contributed by atoms with Gasteiger partial charge < -0.3 is 15.6 Å². The van der Waals surface area contributed by atoms with Crippen LogP contribution in [0.4, 0.5) is 0 Å². The van der Waals surface area contributed by atoms with Crippen molar-refractivity contribution < 1.29 is 14.6 Å². The highest BCUT2D eigenvalue weighted by molar-refractivity contribution is 6.14. The third-order valence-corrected chi connectivity index (χ3v) is 2.18. The molecule has 1 atom stereocenters. The van der Waals surface area contributed by atoms with Gasteiger partial charge in [-0.1, -0.05) is 0 Å². The molecule has 1 unspecified atom stereocenters. The summed E-state index contributed by atoms with van der Waals surface area (Å²) >= 11 is 0. The molecule has 4 nitrogen and oxygen atoms in total. The molecular weight excluding hydrogens is 193 g/mol. The Morgan fingerprint density at radius 1 is 1.40 bits per heavy atom. The molecule has 0 spiro atoms. The second-order valence-corrected chi connectivity index (χ2v) is 5.24. The summed E-state index contributed by atoms with van der Waals surface area (Å²) in [5.74, 6) is -0.786. The lowest BCUT2D eigenvalue weighted by Gasteiger charge is -2.27. The van der Waals surface area contributed by atoms with Gasteiger partial charge in [0.1, 0.15) is 7.85 Å². The highest BCUT2D eigenvalue weighted by Gasteiger charge is 2.21. The van der Waals surface area contributed by atoms with Gasteiger partial charge in [-0.2, -0.15) is 0 Å². The van der Waals surface area contributed by atoms with Crippen LogP contribution in [0.1, 0.15) is 40.0 Å². The van der Waals surface area contributed by atoms with Crippen molar-refractivity contribution in [3.8, 4) is 0 Å². The van der Waals surface area contributed by atoms with E-state index in [-0.39, 0.29) is 17.5 Å². The van der Waals surface area contributed by atoms with E-state index in [4.69, 9.17) is 15.6 Å². The third kappa shape index (κ3) is 9.75. The van der Waals surface area contributed by atoms with Crippen molar-refractivity contribution in [2.45, 2.75) is 51.1 Å². The molecule has 0 aromatic rings. The smallest absolute Gasteiger partial charge is 0.303 e. The topological polar surface area (TPSA) is 72.5 Å². The van der Waals surface area contributed by atoms with E-state index in [1.165, 1.54) is 0 Å². The number of aliphatic carboxylic acids is 1. The summed E-state index contributed by atoms with van der Waals surface area (Å²) in [7, 11) is 1.90. The Balaban J connectivity index is 3.78. The van der Waals surface area contributed by atoms with Crippen molar-refractivity contribution in [2.75, 3.05) is 6.61 Å². The number of nitrogens with two attached hydrogens (primary N) is 1. The summed E-state index contributed by atoms with van der Waals surface area (Å²) < 4.78 is 5.61. The van der Waals surface area contributed by atoms with Gasteiger partial charge in [-0.15, -0.1) is 0 Å². The molecule has 5 heteroatoms. The number of carbonyl (C=O) groups is 1. The molecule has 0 saturated carbocycles. The van der Waals surface area contributed by atoms with E-state index in [0.717, 1.165) is 6.42 Å². The van der Waals surface area contributed by atoms with Gasteiger partial charge in [0.05, 0.1) is 0 Å². The Hall–Kier alpha value is -0.545. The van der Waals surface area contributed by atoms with Crippen LogP contribution in [0.2, 0.25) is 0 Å². The van der Waals surface area contributed by atoms with Crippen LogP contribution in [0, 0.1) is 0 Å². The van der Waals surface area contributed by atoms with Crippen molar-refractivity contribution in [1.29, 1.82) is 0 Å². The Bertz CT molecular complexity index is 211. The Kier molecular flexibility index (Phi) is 5.31. The average Bonchev–Trinajstić information content (AvgIpc) is 1.98. The molecule has 88 valence electrons. The summed E-state index contributed by atoms with van der Waals surface area (Å²) in [5, 5.41) is 8.56. The van der Waals surface area contributed by atoms with Crippen molar-refractivity contribution in [2.24, 2.45) is 5.73 Å². The van der Waals surface area contributed by atoms with Gasteiger partial charge in [0.2, 0.25) is 0 Å². The quantitative estimate of drug-likeness (QED) is 0.601. The number of rotatable bonds is 7. The molecule has 0 bridgehead atoms. The summed E-state index contributed by atoms with van der Waals surface area (Å²) in [6, 6.07) is 0. The van der Waals surface area contributed by atoms with Gasteiger partial charge in [-0.05, 0) is 33.6 Å². The molecule has 0 aromatic carbocycles. The first kappa shape index (κ1) is 14.5. The largest absolute Gasteiger partial charge is 0.481 e. The lowest BCUT2D eigenvalue weighted by molar-refractivity contribution is -0.138. The van der Waals surface area contributed by atoms with Crippen LogP contribution in [-0.2, 0) is 9.53 Å². The highest BCUT2D eigenvalue weighted by atomic mass is 16.5. The first-order valence-electron chi connectivity index (χ1n) is 5.27. The molecule has 0 radical (unpaired) electrons. The molecule has 0 rings (SSSR count). The first-order valence-corrected chi connectivity index (χ1v) is 5.27. The maximum Gasteiger partial charge on any atom is 0.303 e. The maximum absolute atomic E-state index is 10.4. The lowest BCUT2D eigenvalue weighted by atomic mass is 9.79. The van der Waals surface area contributed by atoms with Gasteiger partial charge in [0, 0.05) is 24.1 Å². The van der Waals surface area contributed by atoms with Crippen molar-refractivity contribution in [3.05, 3.63) is 0 Å². The number of carboxylic acid groups (broad SMARTS) is 1. The zero-order valence-corrected chi connectivity index (χ0v) is 10.2. The average molecular weight is 215 g/mol. The van der Waals surface area contributed by atoms with Crippen molar-refractivity contribution >= 4 is 13.8 Å². The van der Waals surface area contributed by atoms with E-state index in [1.54, 1.807) is 0 Å². The van der Waals surface area contributed by atoms with Gasteiger partial charge in [-0.25, -0.2) is 0 Å². The second kappa shape index (κ2) is 5.51. The van der Waals surface area contributed by atoms with Gasteiger partial charge in [0.15, 0.2) is 0 Å². The number of hydrogen-bond donors (Lipinski definition) is 2. The van der Waals surface area contributed by atoms with E-state index in [0.29, 0.717) is 13.0 Å². The van der Waals surface area contributed by atoms with Crippen LogP contribution in [-0.4, -0.2) is 36.6 Å². The SMILES string of the molecule is BC(C)(CCC(=O)O)OCCC(C)(C)N. The molecular formula is C10H22BNO3. The summed E-state index contributed by atoms with van der Waals surface area (Å²) in [6.45, 7) is 6.36. The maximum atomic E-state index is 10.4. The zero-order valence-electron chi connectivity index (χ0n) is 10.2. The molecule has 0 aromatic heterocycles. The van der Waals surface area contributed by atoms with E-state index in [9.17, 15) is 4.79 Å². The summed E-state index contributed by atoms with van der Waals surface area (Å²) in [6.07, 6.45) is 1.43.